The number of hydrogen-bond donors (Lipinski definition) is 0. The molecule has 0 aliphatic heterocycles. The Hall–Kier alpha value is -17.6. The van der Waals surface area contributed by atoms with Crippen LogP contribution in [0.5, 0.6) is 0 Å². The maximum atomic E-state index is 5.08. The van der Waals surface area contributed by atoms with Gasteiger partial charge in [0.25, 0.3) is 0 Å². The number of para-hydroxylation sites is 16. The molecule has 0 fully saturated rings. The molecule has 0 saturated heterocycles. The Kier molecular flexibility index (Phi) is 18.2. The number of rotatable bonds is 8. The van der Waals surface area contributed by atoms with E-state index in [-0.39, 0.29) is 0 Å². The third-order valence-electron chi connectivity index (χ3n) is 27.8. The molecule has 0 saturated carbocycles. The lowest BCUT2D eigenvalue weighted by atomic mass is 10.1. The second-order valence-electron chi connectivity index (χ2n) is 35.5. The zero-order chi connectivity index (χ0) is 91.7. The van der Waals surface area contributed by atoms with Gasteiger partial charge in [0.15, 0.2) is 20.5 Å². The van der Waals surface area contributed by atoms with E-state index in [2.05, 4.69) is 498 Å². The largest absolute Gasteiger partial charge is 0.309 e. The zero-order valence-corrected chi connectivity index (χ0v) is 78.1. The van der Waals surface area contributed by atoms with E-state index >= 15 is 0 Å². The van der Waals surface area contributed by atoms with Gasteiger partial charge in [-0.25, -0.2) is 19.9 Å². The Balaban J connectivity index is 0.0000000896. The molecular weight excluding hydrogens is 1790 g/mol. The van der Waals surface area contributed by atoms with Gasteiger partial charge in [0.1, 0.15) is 0 Å². The fourth-order valence-electron chi connectivity index (χ4n) is 22.0. The highest BCUT2D eigenvalue weighted by Gasteiger charge is 2.29. The van der Waals surface area contributed by atoms with Crippen LogP contribution in [-0.2, 0) is 0 Å². The average molecular weight is 1860 g/mol. The van der Waals surface area contributed by atoms with Gasteiger partial charge in [-0.05, 0) is 182 Å². The first-order valence-corrected chi connectivity index (χ1v) is 50.3. The van der Waals surface area contributed by atoms with E-state index in [9.17, 15) is 0 Å². The van der Waals surface area contributed by atoms with Crippen LogP contribution in [0.2, 0.25) is 0 Å². The molecule has 140 heavy (non-hydrogen) atoms. The van der Waals surface area contributed by atoms with E-state index in [0.717, 1.165) is 42.6 Å². The smallest absolute Gasteiger partial charge is 0.195 e. The summed E-state index contributed by atoms with van der Waals surface area (Å²) in [6.45, 7) is 0. The monoisotopic (exact) mass is 1860 g/mol. The summed E-state index contributed by atoms with van der Waals surface area (Å²) in [5, 5.41) is 24.2. The van der Waals surface area contributed by atoms with E-state index in [1.807, 2.05) is 0 Å². The maximum absolute atomic E-state index is 5.08. The van der Waals surface area contributed by atoms with Crippen molar-refractivity contribution in [3.63, 3.8) is 0 Å². The highest BCUT2D eigenvalue weighted by Crippen LogP contribution is 2.50. The van der Waals surface area contributed by atoms with Crippen LogP contribution in [0.25, 0.3) is 259 Å². The number of thiazole rings is 4. The third-order valence-corrected chi connectivity index (χ3v) is 31.9. The highest BCUT2D eigenvalue weighted by molar-refractivity contribution is 7.22. The van der Waals surface area contributed by atoms with Gasteiger partial charge < -0.3 is 18.3 Å². The lowest BCUT2D eigenvalue weighted by Crippen LogP contribution is -1.95. The SMILES string of the molecule is c1ccc(-n2c3ccccc3c3c2ccc2c4ccccc4n(-c4nc5ccccc5s4)c23)cc1.c1ccc(-n2c3ccccc3c3c4c5ccccc5n(-c5nc6ccccc6s5)c4ccc32)cc1.c1ccc(-n2c3ccccc3c3cc4c5ccccc5n(-c5nc6ccccc6s5)c4cc32)cc1.c1ccc(-n2c3ccccc3c3ccc4c(c5ccccc5n4-c4nc5ccccc5s4)c32)cc1. The van der Waals surface area contributed by atoms with Crippen LogP contribution in [0.15, 0.2) is 461 Å². The molecule has 0 bridgehead atoms. The number of hydrogen-bond acceptors (Lipinski definition) is 8. The molecule has 0 atom stereocenters. The van der Waals surface area contributed by atoms with E-state index in [0.29, 0.717) is 0 Å². The van der Waals surface area contributed by atoms with Crippen LogP contribution in [0.4, 0.5) is 0 Å². The molecule has 16 heteroatoms. The summed E-state index contributed by atoms with van der Waals surface area (Å²) < 4.78 is 23.8. The number of benzene rings is 20. The van der Waals surface area contributed by atoms with E-state index in [1.54, 1.807) is 45.3 Å². The van der Waals surface area contributed by atoms with Crippen molar-refractivity contribution in [1.82, 2.24) is 56.5 Å². The molecule has 0 unspecified atom stereocenters. The van der Waals surface area contributed by atoms with Gasteiger partial charge in [0.05, 0.1) is 129 Å². The first-order valence-electron chi connectivity index (χ1n) is 47.0. The number of aromatic nitrogens is 12. The van der Waals surface area contributed by atoms with Gasteiger partial charge in [-0.15, -0.1) is 0 Å². The molecule has 12 aromatic heterocycles. The van der Waals surface area contributed by atoms with Gasteiger partial charge in [0, 0.05) is 109 Å². The summed E-state index contributed by atoms with van der Waals surface area (Å²) in [6, 6.07) is 164. The number of fused-ring (bicyclic) bond motifs is 31. The van der Waals surface area contributed by atoms with Crippen molar-refractivity contribution in [3.05, 3.63) is 461 Å². The van der Waals surface area contributed by atoms with Gasteiger partial charge >= 0.3 is 0 Å². The van der Waals surface area contributed by atoms with Crippen molar-refractivity contribution >= 4 is 261 Å². The fraction of sp³-hybridized carbons (Fsp3) is 0. The molecule has 0 aliphatic carbocycles. The summed E-state index contributed by atoms with van der Waals surface area (Å²) >= 11 is 6.97. The van der Waals surface area contributed by atoms with E-state index in [1.165, 1.54) is 216 Å². The Bertz CT molecular complexity index is 10400. The van der Waals surface area contributed by atoms with Crippen LogP contribution >= 0.6 is 45.3 Å². The molecular formula is C124H76N12S4. The summed E-state index contributed by atoms with van der Waals surface area (Å²) in [7, 11) is 0. The van der Waals surface area contributed by atoms with Crippen LogP contribution in [0, 0.1) is 0 Å². The highest BCUT2D eigenvalue weighted by atomic mass is 32.1. The van der Waals surface area contributed by atoms with Crippen LogP contribution in [-0.4, -0.2) is 56.5 Å². The van der Waals surface area contributed by atoms with E-state index in [4.69, 9.17) is 19.9 Å². The fourth-order valence-corrected chi connectivity index (χ4v) is 26.0. The molecule has 0 amide bonds. The topological polar surface area (TPSA) is 91.0 Å². The molecule has 0 N–H and O–H groups in total. The minimum absolute atomic E-state index is 0.999. The Morgan fingerprint density at radius 1 is 0.136 bits per heavy atom. The lowest BCUT2D eigenvalue weighted by Gasteiger charge is -2.09. The second kappa shape index (κ2) is 32.0. The Labute approximate surface area is 815 Å². The lowest BCUT2D eigenvalue weighted by molar-refractivity contribution is 1.14. The first kappa shape index (κ1) is 79.7. The molecule has 656 valence electrons. The van der Waals surface area contributed by atoms with Gasteiger partial charge in [-0.1, -0.05) is 324 Å². The molecule has 32 aromatic rings. The molecule has 0 spiro atoms. The summed E-state index contributed by atoms with van der Waals surface area (Å²) in [6.07, 6.45) is 0. The minimum Gasteiger partial charge on any atom is -0.309 e. The van der Waals surface area contributed by atoms with Crippen LogP contribution in [0.3, 0.4) is 0 Å². The molecule has 20 aromatic carbocycles. The third kappa shape index (κ3) is 12.3. The Morgan fingerprint density at radius 3 is 0.729 bits per heavy atom. The summed E-state index contributed by atoms with van der Waals surface area (Å²) in [5.41, 5.74) is 28.1. The normalized spacial score (nSPS) is 12.0. The van der Waals surface area contributed by atoms with Crippen molar-refractivity contribution in [2.24, 2.45) is 0 Å². The maximum Gasteiger partial charge on any atom is 0.195 e. The second-order valence-corrected chi connectivity index (χ2v) is 39.5. The minimum atomic E-state index is 0.999. The Morgan fingerprint density at radius 2 is 0.357 bits per heavy atom. The van der Waals surface area contributed by atoms with Crippen molar-refractivity contribution in [2.45, 2.75) is 0 Å². The van der Waals surface area contributed by atoms with Gasteiger partial charge in [0.2, 0.25) is 0 Å². The molecule has 12 heterocycles. The summed E-state index contributed by atoms with van der Waals surface area (Å²) in [5.74, 6) is 0. The predicted molar refractivity (Wildman–Crippen MR) is 593 cm³/mol. The van der Waals surface area contributed by atoms with Crippen molar-refractivity contribution in [1.29, 1.82) is 0 Å². The standard InChI is InChI=1S/4C31H19N3S/c1-2-10-20(11-3-1)33-26-15-7-4-12-21(26)23-18-24-22-13-5-8-16-27(22)34(29(24)19-28(23)33)31-32-25-14-6-9-17-30(25)35-31;1-2-10-20(11-3-1)33-26-16-8-5-13-23(26)29-27(33)19-18-22-21-12-4-7-15-25(21)34(30(22)29)31-32-24-14-6-9-17-28(24)35-31;1-2-10-20(11-3-1)33-25-15-7-4-12-21(25)22-18-19-27-29(30(22)33)23-13-5-8-16-26(23)34(27)31-32-24-14-6-9-17-28(24)35-31;1-2-10-20(11-3-1)33-24-15-7-4-12-21(24)29-26(33)18-19-27-30(29)22-13-5-8-16-25(22)34(27)31-32-23-14-6-9-17-28(23)35-31/h4*1-19H. The number of nitrogens with zero attached hydrogens (tertiary/aromatic N) is 12. The molecule has 12 nitrogen and oxygen atoms in total. The predicted octanol–water partition coefficient (Wildman–Crippen LogP) is 34.0. The van der Waals surface area contributed by atoms with Crippen LogP contribution in [0.1, 0.15) is 0 Å². The quantitative estimate of drug-likeness (QED) is 0.152. The van der Waals surface area contributed by atoms with E-state index < -0.39 is 0 Å². The van der Waals surface area contributed by atoms with Crippen LogP contribution < -0.4 is 0 Å². The molecule has 32 rings (SSSR count). The van der Waals surface area contributed by atoms with Crippen molar-refractivity contribution in [3.8, 4) is 43.3 Å². The van der Waals surface area contributed by atoms with Gasteiger partial charge in [-0.2, -0.15) is 0 Å². The van der Waals surface area contributed by atoms with Gasteiger partial charge in [-0.3, -0.25) is 18.3 Å². The van der Waals surface area contributed by atoms with Crippen molar-refractivity contribution in [2.75, 3.05) is 0 Å². The molecule has 0 radical (unpaired) electrons. The first-order chi connectivity index (χ1) is 69.5. The van der Waals surface area contributed by atoms with Crippen molar-refractivity contribution < 1.29 is 0 Å². The summed E-state index contributed by atoms with van der Waals surface area (Å²) in [4.78, 5) is 20.2. The zero-order valence-electron chi connectivity index (χ0n) is 74.9. The average Bonchev–Trinajstić information content (AvgIpc) is 1.56. The molecule has 0 aliphatic rings.